The van der Waals surface area contributed by atoms with Crippen LogP contribution in [-0.4, -0.2) is 54.2 Å². The van der Waals surface area contributed by atoms with Crippen LogP contribution in [0.5, 0.6) is 11.5 Å². The molecule has 174 valence electrons. The van der Waals surface area contributed by atoms with E-state index in [-0.39, 0.29) is 43.2 Å². The maximum Gasteiger partial charge on any atom is 0.306 e. The normalized spacial score (nSPS) is 15.8. The Morgan fingerprint density at radius 1 is 1.06 bits per heavy atom. The number of fused-ring (bicyclic) bond motifs is 1. The zero-order valence-corrected chi connectivity index (χ0v) is 18.6. The first-order chi connectivity index (χ1) is 15.9. The van der Waals surface area contributed by atoms with E-state index in [0.717, 1.165) is 5.56 Å². The molecule has 0 radical (unpaired) electrons. The van der Waals surface area contributed by atoms with E-state index >= 15 is 0 Å². The number of hydrogen-bond acceptors (Lipinski definition) is 6. The number of halogens is 1. The summed E-state index contributed by atoms with van der Waals surface area (Å²) >= 11 is 6.09. The quantitative estimate of drug-likeness (QED) is 0.566. The second kappa shape index (κ2) is 10.1. The predicted octanol–water partition coefficient (Wildman–Crippen LogP) is 2.73. The third-order valence-corrected chi connectivity index (χ3v) is 5.93. The van der Waals surface area contributed by atoms with Gasteiger partial charge in [-0.2, -0.15) is 0 Å². The molecule has 2 amide bonds. The lowest BCUT2D eigenvalue weighted by Gasteiger charge is -2.29. The fraction of sp³-hybridized carbons (Fsp3) is 0.348. The van der Waals surface area contributed by atoms with Gasteiger partial charge >= 0.3 is 5.97 Å². The number of nitrogens with one attached hydrogen (secondary N) is 2. The lowest BCUT2D eigenvalue weighted by atomic mass is 9.97. The van der Waals surface area contributed by atoms with Crippen molar-refractivity contribution in [3.05, 3.63) is 52.5 Å². The molecule has 2 aliphatic rings. The first-order valence-corrected chi connectivity index (χ1v) is 11.0. The van der Waals surface area contributed by atoms with E-state index in [9.17, 15) is 14.4 Å². The van der Waals surface area contributed by atoms with Crippen molar-refractivity contribution in [2.75, 3.05) is 31.7 Å². The van der Waals surface area contributed by atoms with Gasteiger partial charge in [-0.1, -0.05) is 17.7 Å². The van der Waals surface area contributed by atoms with Crippen molar-refractivity contribution in [2.24, 2.45) is 5.92 Å². The van der Waals surface area contributed by atoms with Crippen molar-refractivity contribution in [3.63, 3.8) is 0 Å². The summed E-state index contributed by atoms with van der Waals surface area (Å²) in [5, 5.41) is 15.1. The number of carbonyl (C=O) groups excluding carboxylic acids is 2. The smallest absolute Gasteiger partial charge is 0.306 e. The van der Waals surface area contributed by atoms with Crippen molar-refractivity contribution >= 4 is 35.1 Å². The van der Waals surface area contributed by atoms with Crippen LogP contribution in [0.25, 0.3) is 0 Å². The van der Waals surface area contributed by atoms with Crippen LogP contribution in [-0.2, 0) is 16.1 Å². The fourth-order valence-electron chi connectivity index (χ4n) is 3.87. The monoisotopic (exact) mass is 473 g/mol. The number of aliphatic carboxylic acids is 1. The van der Waals surface area contributed by atoms with Gasteiger partial charge in [0.25, 0.3) is 5.91 Å². The highest BCUT2D eigenvalue weighted by Crippen LogP contribution is 2.32. The van der Waals surface area contributed by atoms with Gasteiger partial charge in [0.05, 0.1) is 23.7 Å². The number of hydrogen-bond donors (Lipinski definition) is 3. The molecule has 0 saturated carbocycles. The fourth-order valence-corrected chi connectivity index (χ4v) is 4.04. The van der Waals surface area contributed by atoms with Crippen LogP contribution in [0.2, 0.25) is 5.02 Å². The highest BCUT2D eigenvalue weighted by Gasteiger charge is 2.25. The molecule has 9 nitrogen and oxygen atoms in total. The first kappa shape index (κ1) is 22.9. The number of carboxylic acids is 1. The van der Waals surface area contributed by atoms with Gasteiger partial charge in [0.15, 0.2) is 11.5 Å². The summed E-state index contributed by atoms with van der Waals surface area (Å²) < 4.78 is 10.6. The molecule has 0 unspecified atom stereocenters. The summed E-state index contributed by atoms with van der Waals surface area (Å²) in [4.78, 5) is 38.4. The van der Waals surface area contributed by atoms with E-state index in [1.165, 1.54) is 6.07 Å². The zero-order chi connectivity index (χ0) is 23.4. The third kappa shape index (κ3) is 5.74. The minimum absolute atomic E-state index is 0.118. The van der Waals surface area contributed by atoms with Crippen LogP contribution in [0.3, 0.4) is 0 Å². The Bertz CT molecular complexity index is 1070. The number of benzene rings is 2. The number of carboxylic acid groups (broad SMARTS) is 1. The number of carbonyl (C=O) groups is 3. The minimum atomic E-state index is -0.795. The number of amides is 2. The van der Waals surface area contributed by atoms with Crippen LogP contribution >= 0.6 is 11.6 Å². The number of nitrogens with zero attached hydrogens (tertiary/aromatic N) is 1. The standard InChI is InChI=1S/C23H24ClN3O6/c24-16-2-3-18(26-21(28)12-27-7-5-15(6-8-27)23(30)31)17(10-16)22(29)25-11-14-1-4-19-20(9-14)33-13-32-19/h1-4,9-10,15H,5-8,11-13H2,(H,25,29)(H,26,28)(H,30,31). The Labute approximate surface area is 195 Å². The van der Waals surface area contributed by atoms with Gasteiger partial charge in [-0.05, 0) is 61.8 Å². The third-order valence-electron chi connectivity index (χ3n) is 5.69. The summed E-state index contributed by atoms with van der Waals surface area (Å²) in [5.74, 6) is -0.525. The largest absolute Gasteiger partial charge is 0.481 e. The van der Waals surface area contributed by atoms with Gasteiger partial charge in [-0.15, -0.1) is 0 Å². The van der Waals surface area contributed by atoms with E-state index < -0.39 is 5.97 Å². The zero-order valence-electron chi connectivity index (χ0n) is 17.8. The van der Waals surface area contributed by atoms with Gasteiger partial charge in [0.1, 0.15) is 0 Å². The lowest BCUT2D eigenvalue weighted by molar-refractivity contribution is -0.143. The van der Waals surface area contributed by atoms with Gasteiger partial charge in [0.2, 0.25) is 12.7 Å². The Balaban J connectivity index is 1.36. The second-order valence-electron chi connectivity index (χ2n) is 8.00. The van der Waals surface area contributed by atoms with Crippen molar-refractivity contribution in [2.45, 2.75) is 19.4 Å². The molecule has 4 rings (SSSR count). The molecule has 10 heteroatoms. The summed E-state index contributed by atoms with van der Waals surface area (Å²) in [6.07, 6.45) is 1.02. The van der Waals surface area contributed by atoms with Crippen molar-refractivity contribution < 1.29 is 29.0 Å². The highest BCUT2D eigenvalue weighted by molar-refractivity contribution is 6.31. The molecule has 0 aliphatic carbocycles. The SMILES string of the molecule is O=C(CN1CCC(C(=O)O)CC1)Nc1ccc(Cl)cc1C(=O)NCc1ccc2c(c1)OCO2. The number of rotatable bonds is 7. The molecule has 0 atom stereocenters. The number of anilines is 1. The number of ether oxygens (including phenoxy) is 2. The van der Waals surface area contributed by atoms with Crippen LogP contribution in [0.15, 0.2) is 36.4 Å². The Hall–Kier alpha value is -3.30. The molecule has 1 saturated heterocycles. The molecule has 33 heavy (non-hydrogen) atoms. The average molecular weight is 474 g/mol. The molecule has 0 aromatic heterocycles. The summed E-state index contributed by atoms with van der Waals surface area (Å²) in [5.41, 5.74) is 1.44. The molecule has 0 spiro atoms. The van der Waals surface area contributed by atoms with Gasteiger partial charge in [-0.25, -0.2) is 0 Å². The molecule has 0 bridgehead atoms. The molecule has 1 fully saturated rings. The van der Waals surface area contributed by atoms with Crippen LogP contribution in [0.4, 0.5) is 5.69 Å². The molecule has 3 N–H and O–H groups in total. The van der Waals surface area contributed by atoms with Gasteiger partial charge in [0, 0.05) is 11.6 Å². The van der Waals surface area contributed by atoms with Crippen molar-refractivity contribution in [1.82, 2.24) is 10.2 Å². The molecule has 2 aromatic carbocycles. The van der Waals surface area contributed by atoms with Crippen LogP contribution in [0, 0.1) is 5.92 Å². The lowest BCUT2D eigenvalue weighted by Crippen LogP contribution is -2.40. The predicted molar refractivity (Wildman–Crippen MR) is 121 cm³/mol. The second-order valence-corrected chi connectivity index (χ2v) is 8.43. The van der Waals surface area contributed by atoms with Crippen LogP contribution in [0.1, 0.15) is 28.8 Å². The maximum atomic E-state index is 12.9. The van der Waals surface area contributed by atoms with E-state index in [0.29, 0.717) is 48.1 Å². The Morgan fingerprint density at radius 3 is 2.58 bits per heavy atom. The average Bonchev–Trinajstić information content (AvgIpc) is 3.27. The van der Waals surface area contributed by atoms with Gasteiger partial charge in [-0.3, -0.25) is 19.3 Å². The Kier molecular flexibility index (Phi) is 7.00. The van der Waals surface area contributed by atoms with Crippen molar-refractivity contribution in [1.29, 1.82) is 0 Å². The molecular formula is C23H24ClN3O6. The summed E-state index contributed by atoms with van der Waals surface area (Å²) in [6, 6.07) is 10.1. The maximum absolute atomic E-state index is 12.9. The van der Waals surface area contributed by atoms with E-state index in [4.69, 9.17) is 26.2 Å². The highest BCUT2D eigenvalue weighted by atomic mass is 35.5. The molecule has 2 aromatic rings. The molecule has 2 aliphatic heterocycles. The number of piperidine rings is 1. The summed E-state index contributed by atoms with van der Waals surface area (Å²) in [6.45, 7) is 1.62. The topological polar surface area (TPSA) is 117 Å². The Morgan fingerprint density at radius 2 is 1.82 bits per heavy atom. The van der Waals surface area contributed by atoms with Crippen LogP contribution < -0.4 is 20.1 Å². The van der Waals surface area contributed by atoms with Crippen molar-refractivity contribution in [3.8, 4) is 11.5 Å². The summed E-state index contributed by atoms with van der Waals surface area (Å²) in [7, 11) is 0. The van der Waals surface area contributed by atoms with E-state index in [1.807, 2.05) is 11.0 Å². The van der Waals surface area contributed by atoms with E-state index in [2.05, 4.69) is 10.6 Å². The minimum Gasteiger partial charge on any atom is -0.481 e. The number of likely N-dealkylation sites (tertiary alicyclic amines) is 1. The first-order valence-electron chi connectivity index (χ1n) is 10.6. The van der Waals surface area contributed by atoms with Gasteiger partial charge < -0.3 is 25.2 Å². The molecule has 2 heterocycles. The van der Waals surface area contributed by atoms with E-state index in [1.54, 1.807) is 24.3 Å². The molecular weight excluding hydrogens is 450 g/mol.